The van der Waals surface area contributed by atoms with Crippen LogP contribution in [0.2, 0.25) is 0 Å². The van der Waals surface area contributed by atoms with Crippen LogP contribution in [-0.4, -0.2) is 0 Å². The average Bonchev–Trinajstić information content (AvgIpc) is 2.66. The molecule has 0 bridgehead atoms. The van der Waals surface area contributed by atoms with Crippen molar-refractivity contribution in [2.45, 2.75) is 72.1 Å². The monoisotopic (exact) mass is 384 g/mol. The average molecular weight is 385 g/mol. The Balaban J connectivity index is 2.10. The molecule has 0 atom stereocenters. The van der Waals surface area contributed by atoms with E-state index in [1.165, 1.54) is 38.9 Å². The van der Waals surface area contributed by atoms with Gasteiger partial charge in [0, 0.05) is 0 Å². The third kappa shape index (κ3) is 4.81. The summed E-state index contributed by atoms with van der Waals surface area (Å²) in [5.41, 5.74) is 9.75. The summed E-state index contributed by atoms with van der Waals surface area (Å²) < 4.78 is 0. The van der Waals surface area contributed by atoms with E-state index in [0.29, 0.717) is 5.92 Å². The van der Waals surface area contributed by atoms with Crippen molar-refractivity contribution in [3.8, 4) is 22.3 Å². The fraction of sp³-hybridized carbons (Fsp3) is 0.379. The van der Waals surface area contributed by atoms with Crippen LogP contribution in [0.25, 0.3) is 22.3 Å². The molecule has 152 valence electrons. The van der Waals surface area contributed by atoms with E-state index in [0.717, 1.165) is 0 Å². The van der Waals surface area contributed by atoms with E-state index in [9.17, 15) is 0 Å². The molecule has 0 aromatic heterocycles. The zero-order valence-electron chi connectivity index (χ0n) is 19.4. The van der Waals surface area contributed by atoms with Gasteiger partial charge in [-0.3, -0.25) is 0 Å². The van der Waals surface area contributed by atoms with Gasteiger partial charge < -0.3 is 0 Å². The quantitative estimate of drug-likeness (QED) is 0.423. The van der Waals surface area contributed by atoms with Gasteiger partial charge in [-0.1, -0.05) is 122 Å². The first-order valence-electron chi connectivity index (χ1n) is 10.8. The molecule has 3 aromatic carbocycles. The Morgan fingerprint density at radius 1 is 0.552 bits per heavy atom. The summed E-state index contributed by atoms with van der Waals surface area (Å²) in [6.07, 6.45) is 0. The van der Waals surface area contributed by atoms with Crippen LogP contribution in [0, 0.1) is 0 Å². The Morgan fingerprint density at radius 2 is 1.03 bits per heavy atom. The minimum absolute atomic E-state index is 0.154. The normalized spacial score (nSPS) is 12.4. The molecule has 3 rings (SSSR count). The number of benzene rings is 3. The molecule has 0 aliphatic rings. The molecule has 0 aliphatic carbocycles. The van der Waals surface area contributed by atoms with Crippen molar-refractivity contribution >= 4 is 0 Å². The van der Waals surface area contributed by atoms with Crippen LogP contribution >= 0.6 is 0 Å². The lowest BCUT2D eigenvalue weighted by Gasteiger charge is -2.22. The fourth-order valence-corrected chi connectivity index (χ4v) is 3.80. The topological polar surface area (TPSA) is 0 Å². The van der Waals surface area contributed by atoms with Crippen LogP contribution in [0.15, 0.2) is 66.7 Å². The number of hydrogen-bond acceptors (Lipinski definition) is 0. The SMILES string of the molecule is CC(C)c1cc(-c2cccc(C(C)(C)C)c2)ccc1-c1cccc(C(C)(C)C)c1. The van der Waals surface area contributed by atoms with Crippen molar-refractivity contribution < 1.29 is 0 Å². The second kappa shape index (κ2) is 7.82. The lowest BCUT2D eigenvalue weighted by Crippen LogP contribution is -2.11. The van der Waals surface area contributed by atoms with Crippen LogP contribution in [0.3, 0.4) is 0 Å². The van der Waals surface area contributed by atoms with Gasteiger partial charge in [0.25, 0.3) is 0 Å². The van der Waals surface area contributed by atoms with Crippen molar-refractivity contribution in [3.63, 3.8) is 0 Å². The van der Waals surface area contributed by atoms with Crippen molar-refractivity contribution in [3.05, 3.63) is 83.4 Å². The zero-order chi connectivity index (χ0) is 21.4. The molecular formula is C29H36. The molecule has 29 heavy (non-hydrogen) atoms. The summed E-state index contributed by atoms with van der Waals surface area (Å²) in [6.45, 7) is 18.2. The lowest BCUT2D eigenvalue weighted by atomic mass is 9.83. The Labute approximate surface area is 178 Å². The molecule has 0 heteroatoms. The highest BCUT2D eigenvalue weighted by molar-refractivity contribution is 5.75. The molecule has 0 aliphatic heterocycles. The van der Waals surface area contributed by atoms with Gasteiger partial charge in [0.15, 0.2) is 0 Å². The highest BCUT2D eigenvalue weighted by Gasteiger charge is 2.17. The van der Waals surface area contributed by atoms with Gasteiger partial charge in [-0.05, 0) is 55.7 Å². The number of rotatable bonds is 3. The van der Waals surface area contributed by atoms with Crippen molar-refractivity contribution in [2.75, 3.05) is 0 Å². The van der Waals surface area contributed by atoms with Gasteiger partial charge in [-0.15, -0.1) is 0 Å². The Hall–Kier alpha value is -2.34. The third-order valence-corrected chi connectivity index (χ3v) is 5.78. The summed E-state index contributed by atoms with van der Waals surface area (Å²) in [4.78, 5) is 0. The molecule has 3 aromatic rings. The molecule has 0 nitrogen and oxygen atoms in total. The van der Waals surface area contributed by atoms with E-state index < -0.39 is 0 Å². The maximum absolute atomic E-state index is 2.39. The molecule has 0 spiro atoms. The van der Waals surface area contributed by atoms with Crippen LogP contribution in [0.5, 0.6) is 0 Å². The molecule has 0 saturated heterocycles. The second-order valence-corrected chi connectivity index (χ2v) is 10.6. The zero-order valence-corrected chi connectivity index (χ0v) is 19.4. The standard InChI is InChI=1S/C29H36/c1-20(2)27-19-22(21-11-9-13-24(17-21)28(3,4)5)15-16-26(27)23-12-10-14-25(18-23)29(6,7)8/h9-20H,1-8H3. The van der Waals surface area contributed by atoms with Crippen LogP contribution in [0.1, 0.15) is 78.0 Å². The maximum Gasteiger partial charge on any atom is -0.0132 e. The summed E-state index contributed by atoms with van der Waals surface area (Å²) in [5, 5.41) is 0. The van der Waals surface area contributed by atoms with Crippen molar-refractivity contribution in [1.82, 2.24) is 0 Å². The summed E-state index contributed by atoms with van der Waals surface area (Å²) in [7, 11) is 0. The highest BCUT2D eigenvalue weighted by Crippen LogP contribution is 2.36. The lowest BCUT2D eigenvalue weighted by molar-refractivity contribution is 0.590. The molecular weight excluding hydrogens is 348 g/mol. The first-order chi connectivity index (χ1) is 13.5. The fourth-order valence-electron chi connectivity index (χ4n) is 3.80. The van der Waals surface area contributed by atoms with E-state index >= 15 is 0 Å². The Morgan fingerprint density at radius 3 is 1.55 bits per heavy atom. The number of hydrogen-bond donors (Lipinski definition) is 0. The van der Waals surface area contributed by atoms with Crippen LogP contribution in [0.4, 0.5) is 0 Å². The molecule has 0 saturated carbocycles. The Bertz CT molecular complexity index is 991. The smallest absolute Gasteiger partial charge is 0.0132 e. The molecule has 0 fully saturated rings. The molecule has 0 radical (unpaired) electrons. The maximum atomic E-state index is 2.39. The molecule has 0 unspecified atom stereocenters. The van der Waals surface area contributed by atoms with Crippen LogP contribution in [-0.2, 0) is 10.8 Å². The largest absolute Gasteiger partial charge is 0.0614 e. The summed E-state index contributed by atoms with van der Waals surface area (Å²) >= 11 is 0. The van der Waals surface area contributed by atoms with Gasteiger partial charge in [0.2, 0.25) is 0 Å². The van der Waals surface area contributed by atoms with E-state index in [4.69, 9.17) is 0 Å². The van der Waals surface area contributed by atoms with Gasteiger partial charge in [-0.2, -0.15) is 0 Å². The minimum atomic E-state index is 0.154. The molecule has 0 amide bonds. The van der Waals surface area contributed by atoms with Gasteiger partial charge in [0.1, 0.15) is 0 Å². The van der Waals surface area contributed by atoms with Gasteiger partial charge in [0.05, 0.1) is 0 Å². The molecule has 0 heterocycles. The first-order valence-corrected chi connectivity index (χ1v) is 10.8. The van der Waals surface area contributed by atoms with Gasteiger partial charge >= 0.3 is 0 Å². The predicted octanol–water partition coefficient (Wildman–Crippen LogP) is 8.74. The van der Waals surface area contributed by atoms with E-state index in [1.54, 1.807) is 0 Å². The van der Waals surface area contributed by atoms with E-state index in [-0.39, 0.29) is 10.8 Å². The Kier molecular flexibility index (Phi) is 5.77. The van der Waals surface area contributed by atoms with Gasteiger partial charge in [-0.25, -0.2) is 0 Å². The highest BCUT2D eigenvalue weighted by atomic mass is 14.2. The van der Waals surface area contributed by atoms with E-state index in [2.05, 4.69) is 122 Å². The minimum Gasteiger partial charge on any atom is -0.0614 e. The summed E-state index contributed by atoms with van der Waals surface area (Å²) in [5.74, 6) is 0.467. The third-order valence-electron chi connectivity index (χ3n) is 5.78. The first kappa shape index (κ1) is 21.4. The molecule has 0 N–H and O–H groups in total. The summed E-state index contributed by atoms with van der Waals surface area (Å²) in [6, 6.07) is 25.0. The predicted molar refractivity (Wildman–Crippen MR) is 129 cm³/mol. The van der Waals surface area contributed by atoms with Crippen molar-refractivity contribution in [2.24, 2.45) is 0 Å². The van der Waals surface area contributed by atoms with Crippen LogP contribution < -0.4 is 0 Å². The second-order valence-electron chi connectivity index (χ2n) is 10.6. The van der Waals surface area contributed by atoms with Crippen molar-refractivity contribution in [1.29, 1.82) is 0 Å². The van der Waals surface area contributed by atoms with E-state index in [1.807, 2.05) is 0 Å².